The summed E-state index contributed by atoms with van der Waals surface area (Å²) in [5.41, 5.74) is 1.82. The average Bonchev–Trinajstić information content (AvgIpc) is 2.58. The first-order valence-corrected chi connectivity index (χ1v) is 4.16. The van der Waals surface area contributed by atoms with E-state index in [0.717, 1.165) is 5.00 Å². The molecule has 0 bridgehead atoms. The fraction of sp³-hybridized carbons (Fsp3) is 0.143. The molecule has 56 valence electrons. The number of aromatic nitrogens is 1. The number of rotatable bonds is 1. The van der Waals surface area contributed by atoms with Crippen molar-refractivity contribution in [3.05, 3.63) is 24.0 Å². The third kappa shape index (κ3) is 1.30. The van der Waals surface area contributed by atoms with Gasteiger partial charge in [-0.25, -0.2) is 0 Å². The fourth-order valence-electron chi connectivity index (χ4n) is 0.880. The summed E-state index contributed by atoms with van der Waals surface area (Å²) in [6.45, 7) is 0.707. The molecule has 0 unspecified atom stereocenters. The number of hydrogen-bond acceptors (Lipinski definition) is 4. The van der Waals surface area contributed by atoms with E-state index in [0.29, 0.717) is 6.67 Å². The van der Waals surface area contributed by atoms with E-state index in [1.165, 1.54) is 0 Å². The Morgan fingerprint density at radius 1 is 1.55 bits per heavy atom. The van der Waals surface area contributed by atoms with Crippen LogP contribution in [0.3, 0.4) is 0 Å². The molecule has 0 aliphatic carbocycles. The molecule has 0 saturated heterocycles. The molecule has 0 fully saturated rings. The van der Waals surface area contributed by atoms with Gasteiger partial charge in [0.2, 0.25) is 0 Å². The topological polar surface area (TPSA) is 28.5 Å². The number of hydrogen-bond donors (Lipinski definition) is 0. The van der Waals surface area contributed by atoms with Crippen LogP contribution in [0.5, 0.6) is 0 Å². The molecule has 1 aromatic rings. The number of allylic oxidation sites excluding steroid dienone is 1. The molecule has 2 heterocycles. The Bertz CT molecular complexity index is 276. The Morgan fingerprint density at radius 3 is 3.18 bits per heavy atom. The van der Waals surface area contributed by atoms with Gasteiger partial charge in [-0.2, -0.15) is 0 Å². The van der Waals surface area contributed by atoms with Crippen LogP contribution in [0, 0.1) is 0 Å². The van der Waals surface area contributed by atoms with Crippen molar-refractivity contribution in [3.8, 4) is 0 Å². The second-order valence-electron chi connectivity index (χ2n) is 2.12. The molecular formula is C7H7N3S. The molecular weight excluding hydrogens is 158 g/mol. The highest BCUT2D eigenvalue weighted by atomic mass is 32.1. The summed E-state index contributed by atoms with van der Waals surface area (Å²) in [6.07, 6.45) is 7.57. The van der Waals surface area contributed by atoms with Crippen LogP contribution < -0.4 is 4.90 Å². The van der Waals surface area contributed by atoms with Gasteiger partial charge in [-0.05, 0) is 6.08 Å². The maximum Gasteiger partial charge on any atom is 0.117 e. The van der Waals surface area contributed by atoms with Gasteiger partial charge < -0.3 is 4.90 Å². The molecule has 3 nitrogen and oxygen atoms in total. The van der Waals surface area contributed by atoms with Gasteiger partial charge in [0.1, 0.15) is 11.7 Å². The first kappa shape index (κ1) is 6.54. The summed E-state index contributed by atoms with van der Waals surface area (Å²) in [5, 5.41) is 1.14. The van der Waals surface area contributed by atoms with E-state index in [9.17, 15) is 0 Å². The van der Waals surface area contributed by atoms with Crippen molar-refractivity contribution >= 4 is 22.6 Å². The summed E-state index contributed by atoms with van der Waals surface area (Å²) in [7, 11) is 0. The quantitative estimate of drug-likeness (QED) is 0.631. The SMILES string of the molecule is C1=CN(c2cncs2)CN=C1. The van der Waals surface area contributed by atoms with Gasteiger partial charge in [-0.3, -0.25) is 9.98 Å². The third-order valence-corrected chi connectivity index (χ3v) is 2.20. The lowest BCUT2D eigenvalue weighted by Crippen LogP contribution is -2.16. The Kier molecular flexibility index (Phi) is 1.69. The van der Waals surface area contributed by atoms with Gasteiger partial charge in [-0.1, -0.05) is 0 Å². The van der Waals surface area contributed by atoms with Gasteiger partial charge in [0, 0.05) is 12.4 Å². The highest BCUT2D eigenvalue weighted by molar-refractivity contribution is 7.13. The summed E-state index contributed by atoms with van der Waals surface area (Å²) in [4.78, 5) is 10.1. The summed E-state index contributed by atoms with van der Waals surface area (Å²) < 4.78 is 0. The number of aliphatic imine (C=N–C) groups is 1. The van der Waals surface area contributed by atoms with Crippen LogP contribution in [0.15, 0.2) is 29.0 Å². The molecule has 1 aliphatic rings. The maximum absolute atomic E-state index is 4.11. The van der Waals surface area contributed by atoms with Crippen molar-refractivity contribution in [2.24, 2.45) is 4.99 Å². The van der Waals surface area contributed by atoms with Crippen LogP contribution >= 0.6 is 11.3 Å². The predicted molar refractivity (Wildman–Crippen MR) is 47.1 cm³/mol. The van der Waals surface area contributed by atoms with E-state index in [1.54, 1.807) is 17.6 Å². The molecule has 11 heavy (non-hydrogen) atoms. The van der Waals surface area contributed by atoms with Crippen LogP contribution in [0.4, 0.5) is 5.00 Å². The molecule has 1 aromatic heterocycles. The van der Waals surface area contributed by atoms with Crippen LogP contribution in [0.25, 0.3) is 0 Å². The summed E-state index contributed by atoms with van der Waals surface area (Å²) in [6, 6.07) is 0. The first-order valence-electron chi connectivity index (χ1n) is 3.28. The largest absolute Gasteiger partial charge is 0.318 e. The predicted octanol–water partition coefficient (Wildman–Crippen LogP) is 1.51. The van der Waals surface area contributed by atoms with Crippen LogP contribution in [-0.4, -0.2) is 17.9 Å². The Labute approximate surface area is 68.7 Å². The molecule has 2 rings (SSSR count). The molecule has 0 aromatic carbocycles. The monoisotopic (exact) mass is 165 g/mol. The normalized spacial score (nSPS) is 15.8. The number of anilines is 1. The number of nitrogens with zero attached hydrogens (tertiary/aromatic N) is 3. The molecule has 0 atom stereocenters. The van der Waals surface area contributed by atoms with E-state index < -0.39 is 0 Å². The first-order chi connectivity index (χ1) is 5.47. The lowest BCUT2D eigenvalue weighted by atomic mass is 10.5. The fourth-order valence-corrected chi connectivity index (χ4v) is 1.48. The van der Waals surface area contributed by atoms with Crippen LogP contribution in [0.1, 0.15) is 0 Å². The van der Waals surface area contributed by atoms with Crippen molar-refractivity contribution in [1.82, 2.24) is 4.98 Å². The zero-order chi connectivity index (χ0) is 7.52. The zero-order valence-electron chi connectivity index (χ0n) is 5.84. The molecule has 4 heteroatoms. The van der Waals surface area contributed by atoms with Gasteiger partial charge in [0.25, 0.3) is 0 Å². The second-order valence-corrected chi connectivity index (χ2v) is 2.99. The standard InChI is InChI=1S/C7H7N3S/c1-2-8-5-10(3-1)7-4-9-6-11-7/h1-4,6H,5H2. The minimum atomic E-state index is 0.707. The van der Waals surface area contributed by atoms with E-state index in [1.807, 2.05) is 24.0 Å². The molecule has 0 saturated carbocycles. The summed E-state index contributed by atoms with van der Waals surface area (Å²) >= 11 is 1.62. The van der Waals surface area contributed by atoms with E-state index >= 15 is 0 Å². The molecule has 0 spiro atoms. The van der Waals surface area contributed by atoms with E-state index in [-0.39, 0.29) is 0 Å². The number of thiazole rings is 1. The van der Waals surface area contributed by atoms with Gasteiger partial charge in [0.15, 0.2) is 0 Å². The average molecular weight is 165 g/mol. The smallest absolute Gasteiger partial charge is 0.117 e. The van der Waals surface area contributed by atoms with Crippen LogP contribution in [0.2, 0.25) is 0 Å². The van der Waals surface area contributed by atoms with Crippen molar-refractivity contribution in [1.29, 1.82) is 0 Å². The van der Waals surface area contributed by atoms with E-state index in [4.69, 9.17) is 0 Å². The highest BCUT2D eigenvalue weighted by Crippen LogP contribution is 2.19. The maximum atomic E-state index is 4.11. The van der Waals surface area contributed by atoms with E-state index in [2.05, 4.69) is 14.9 Å². The lowest BCUT2D eigenvalue weighted by Gasteiger charge is -2.16. The zero-order valence-corrected chi connectivity index (χ0v) is 6.66. The van der Waals surface area contributed by atoms with Crippen molar-refractivity contribution in [2.75, 3.05) is 11.6 Å². The second kappa shape index (κ2) is 2.84. The summed E-state index contributed by atoms with van der Waals surface area (Å²) in [5.74, 6) is 0. The van der Waals surface area contributed by atoms with Gasteiger partial charge in [0.05, 0.1) is 11.7 Å². The molecule has 1 aliphatic heterocycles. The lowest BCUT2D eigenvalue weighted by molar-refractivity contribution is 0.979. The molecule has 0 radical (unpaired) electrons. The Balaban J connectivity index is 2.19. The van der Waals surface area contributed by atoms with Crippen LogP contribution in [-0.2, 0) is 0 Å². The van der Waals surface area contributed by atoms with Crippen molar-refractivity contribution in [3.63, 3.8) is 0 Å². The Hall–Kier alpha value is -1.16. The Morgan fingerprint density at radius 2 is 2.55 bits per heavy atom. The minimum absolute atomic E-state index is 0.707. The molecule has 0 N–H and O–H groups in total. The third-order valence-electron chi connectivity index (χ3n) is 1.39. The van der Waals surface area contributed by atoms with Gasteiger partial charge in [-0.15, -0.1) is 11.3 Å². The minimum Gasteiger partial charge on any atom is -0.318 e. The highest BCUT2D eigenvalue weighted by Gasteiger charge is 2.03. The van der Waals surface area contributed by atoms with Crippen molar-refractivity contribution < 1.29 is 0 Å². The van der Waals surface area contributed by atoms with Crippen molar-refractivity contribution in [2.45, 2.75) is 0 Å². The van der Waals surface area contributed by atoms with Gasteiger partial charge >= 0.3 is 0 Å². The molecule has 0 amide bonds.